The van der Waals surface area contributed by atoms with Gasteiger partial charge in [0.05, 0.1) is 11.0 Å². The van der Waals surface area contributed by atoms with E-state index in [9.17, 15) is 9.59 Å². The van der Waals surface area contributed by atoms with E-state index in [1.807, 2.05) is 45.0 Å². The van der Waals surface area contributed by atoms with Gasteiger partial charge in [-0.15, -0.1) is 11.3 Å². The highest BCUT2D eigenvalue weighted by Crippen LogP contribution is 2.19. The lowest BCUT2D eigenvalue weighted by molar-refractivity contribution is -0.121. The third-order valence-electron chi connectivity index (χ3n) is 5.30. The van der Waals surface area contributed by atoms with E-state index in [1.54, 1.807) is 5.38 Å². The highest BCUT2D eigenvalue weighted by Gasteiger charge is 2.27. The first kappa shape index (κ1) is 20.5. The van der Waals surface area contributed by atoms with Crippen molar-refractivity contribution in [2.75, 3.05) is 25.0 Å². The zero-order chi connectivity index (χ0) is 20.1. The smallest absolute Gasteiger partial charge is 0.270 e. The molecule has 2 N–H and O–H groups in total. The van der Waals surface area contributed by atoms with Crippen LogP contribution in [0.5, 0.6) is 0 Å². The molecule has 7 heteroatoms. The number of hydrogen-bond donors (Lipinski definition) is 2. The summed E-state index contributed by atoms with van der Waals surface area (Å²) in [7, 11) is 0. The van der Waals surface area contributed by atoms with Crippen molar-refractivity contribution in [1.82, 2.24) is 15.2 Å². The number of hydrogen-bond acceptors (Lipinski definition) is 5. The van der Waals surface area contributed by atoms with Crippen molar-refractivity contribution in [3.63, 3.8) is 0 Å². The molecule has 1 aromatic heterocycles. The Morgan fingerprint density at radius 1 is 1.21 bits per heavy atom. The second-order valence-corrected chi connectivity index (χ2v) is 8.53. The first-order chi connectivity index (χ1) is 13.4. The van der Waals surface area contributed by atoms with E-state index >= 15 is 0 Å². The van der Waals surface area contributed by atoms with Crippen LogP contribution in [-0.4, -0.2) is 47.4 Å². The van der Waals surface area contributed by atoms with Gasteiger partial charge in [-0.1, -0.05) is 17.7 Å². The molecule has 0 spiro atoms. The summed E-state index contributed by atoms with van der Waals surface area (Å²) >= 11 is 1.48. The summed E-state index contributed by atoms with van der Waals surface area (Å²) in [6, 6.07) is 7.67. The van der Waals surface area contributed by atoms with Crippen molar-refractivity contribution >= 4 is 28.8 Å². The molecule has 1 aromatic carbocycles. The van der Waals surface area contributed by atoms with Gasteiger partial charge in [0.15, 0.2) is 0 Å². The number of nitrogens with zero attached hydrogens (tertiary/aromatic N) is 2. The molecule has 0 bridgehead atoms. The van der Waals surface area contributed by atoms with E-state index in [4.69, 9.17) is 0 Å². The summed E-state index contributed by atoms with van der Waals surface area (Å²) in [6.07, 6.45) is 1.94. The summed E-state index contributed by atoms with van der Waals surface area (Å²) in [6.45, 7) is 8.26. The Labute approximate surface area is 170 Å². The van der Waals surface area contributed by atoms with Gasteiger partial charge in [0, 0.05) is 17.6 Å². The number of rotatable bonds is 6. The monoisotopic (exact) mass is 400 g/mol. The van der Waals surface area contributed by atoms with Gasteiger partial charge in [-0.25, -0.2) is 4.98 Å². The lowest BCUT2D eigenvalue weighted by atomic mass is 9.95. The number of amides is 2. The number of nitrogens with one attached hydrogen (secondary N) is 2. The SMILES string of the molecule is Cc1ccc(NC(=O)C(C)N2CCC(CNC(=O)c3csc(C)n3)CC2)cc1. The molecule has 1 aliphatic heterocycles. The molecule has 1 aliphatic rings. The molecule has 1 saturated heterocycles. The van der Waals surface area contributed by atoms with E-state index in [1.165, 1.54) is 16.9 Å². The maximum absolute atomic E-state index is 12.5. The Kier molecular flexibility index (Phi) is 6.80. The number of aromatic nitrogens is 1. The molecule has 1 atom stereocenters. The normalized spacial score (nSPS) is 16.5. The summed E-state index contributed by atoms with van der Waals surface area (Å²) < 4.78 is 0. The van der Waals surface area contributed by atoms with Gasteiger partial charge in [0.25, 0.3) is 5.91 Å². The summed E-state index contributed by atoms with van der Waals surface area (Å²) in [4.78, 5) is 31.1. The number of carbonyl (C=O) groups excluding carboxylic acids is 2. The summed E-state index contributed by atoms with van der Waals surface area (Å²) in [5.74, 6) is 0.361. The summed E-state index contributed by atoms with van der Waals surface area (Å²) in [5.41, 5.74) is 2.50. The highest BCUT2D eigenvalue weighted by atomic mass is 32.1. The van der Waals surface area contributed by atoms with Crippen LogP contribution >= 0.6 is 11.3 Å². The highest BCUT2D eigenvalue weighted by molar-refractivity contribution is 7.09. The minimum atomic E-state index is -0.171. The average molecular weight is 401 g/mol. The number of aryl methyl sites for hydroxylation is 2. The maximum atomic E-state index is 12.5. The second-order valence-electron chi connectivity index (χ2n) is 7.47. The molecule has 28 heavy (non-hydrogen) atoms. The predicted molar refractivity (Wildman–Crippen MR) is 113 cm³/mol. The molecule has 2 heterocycles. The van der Waals surface area contributed by atoms with Crippen LogP contribution in [-0.2, 0) is 4.79 Å². The Bertz CT molecular complexity index is 810. The molecular formula is C21H28N4O2S. The van der Waals surface area contributed by atoms with Gasteiger partial charge in [0.2, 0.25) is 5.91 Å². The molecule has 1 fully saturated rings. The lowest BCUT2D eigenvalue weighted by Gasteiger charge is -2.35. The maximum Gasteiger partial charge on any atom is 0.270 e. The number of piperidine rings is 1. The topological polar surface area (TPSA) is 74.3 Å². The van der Waals surface area contributed by atoms with Crippen molar-refractivity contribution in [1.29, 1.82) is 0 Å². The molecule has 6 nitrogen and oxygen atoms in total. The molecular weight excluding hydrogens is 372 g/mol. The van der Waals surface area contributed by atoms with Crippen molar-refractivity contribution in [2.45, 2.75) is 39.7 Å². The Morgan fingerprint density at radius 3 is 2.50 bits per heavy atom. The second kappa shape index (κ2) is 9.30. The third kappa shape index (κ3) is 5.39. The van der Waals surface area contributed by atoms with E-state index in [0.717, 1.165) is 36.6 Å². The van der Waals surface area contributed by atoms with Crippen LogP contribution in [0.3, 0.4) is 0 Å². The molecule has 1 unspecified atom stereocenters. The van der Waals surface area contributed by atoms with Gasteiger partial charge in [-0.2, -0.15) is 0 Å². The molecule has 0 saturated carbocycles. The van der Waals surface area contributed by atoms with Crippen LogP contribution in [0, 0.1) is 19.8 Å². The summed E-state index contributed by atoms with van der Waals surface area (Å²) in [5, 5.41) is 8.68. The van der Waals surface area contributed by atoms with Gasteiger partial charge in [-0.05, 0) is 64.8 Å². The van der Waals surface area contributed by atoms with Crippen molar-refractivity contribution in [2.24, 2.45) is 5.92 Å². The molecule has 2 amide bonds. The number of likely N-dealkylation sites (tertiary alicyclic amines) is 1. The van der Waals surface area contributed by atoms with Crippen molar-refractivity contribution < 1.29 is 9.59 Å². The van der Waals surface area contributed by atoms with E-state index in [2.05, 4.69) is 20.5 Å². The fourth-order valence-corrected chi connectivity index (χ4v) is 3.98. The third-order valence-corrected chi connectivity index (χ3v) is 6.07. The number of anilines is 1. The van der Waals surface area contributed by atoms with Gasteiger partial charge < -0.3 is 10.6 Å². The fraction of sp³-hybridized carbons (Fsp3) is 0.476. The van der Waals surface area contributed by atoms with E-state index < -0.39 is 0 Å². The van der Waals surface area contributed by atoms with Crippen molar-refractivity contribution in [3.05, 3.63) is 45.9 Å². The fourth-order valence-electron chi connectivity index (χ4n) is 3.39. The Balaban J connectivity index is 1.42. The number of carbonyl (C=O) groups is 2. The van der Waals surface area contributed by atoms with Crippen LogP contribution in [0.25, 0.3) is 0 Å². The Hall–Kier alpha value is -2.25. The van der Waals surface area contributed by atoms with Gasteiger partial charge in [-0.3, -0.25) is 14.5 Å². The zero-order valence-corrected chi connectivity index (χ0v) is 17.5. The van der Waals surface area contributed by atoms with Crippen LogP contribution in [0.1, 0.15) is 40.8 Å². The lowest BCUT2D eigenvalue weighted by Crippen LogP contribution is -2.47. The van der Waals surface area contributed by atoms with Gasteiger partial charge >= 0.3 is 0 Å². The van der Waals surface area contributed by atoms with Crippen LogP contribution in [0.2, 0.25) is 0 Å². The van der Waals surface area contributed by atoms with Crippen molar-refractivity contribution in [3.8, 4) is 0 Å². The minimum absolute atomic E-state index is 0.0227. The van der Waals surface area contributed by atoms with Crippen LogP contribution < -0.4 is 10.6 Å². The van der Waals surface area contributed by atoms with E-state index in [-0.39, 0.29) is 17.9 Å². The average Bonchev–Trinajstić information content (AvgIpc) is 3.14. The molecule has 150 valence electrons. The predicted octanol–water partition coefficient (Wildman–Crippen LogP) is 3.23. The van der Waals surface area contributed by atoms with E-state index in [0.29, 0.717) is 18.2 Å². The minimum Gasteiger partial charge on any atom is -0.350 e. The first-order valence-electron chi connectivity index (χ1n) is 9.74. The molecule has 0 aliphatic carbocycles. The van der Waals surface area contributed by atoms with Crippen LogP contribution in [0.4, 0.5) is 5.69 Å². The number of benzene rings is 1. The number of thiazole rings is 1. The van der Waals surface area contributed by atoms with Gasteiger partial charge in [0.1, 0.15) is 5.69 Å². The largest absolute Gasteiger partial charge is 0.350 e. The Morgan fingerprint density at radius 2 is 1.89 bits per heavy atom. The zero-order valence-electron chi connectivity index (χ0n) is 16.7. The molecule has 3 rings (SSSR count). The molecule has 0 radical (unpaired) electrons. The van der Waals surface area contributed by atoms with Crippen LogP contribution in [0.15, 0.2) is 29.6 Å². The standard InChI is InChI=1S/C21H28N4O2S/c1-14-4-6-18(7-5-14)24-20(26)15(2)25-10-8-17(9-11-25)12-22-21(27)19-13-28-16(3)23-19/h4-7,13,15,17H,8-12H2,1-3H3,(H,22,27)(H,24,26). The quantitative estimate of drug-likeness (QED) is 0.781. The molecule has 2 aromatic rings. The first-order valence-corrected chi connectivity index (χ1v) is 10.6.